The van der Waals surface area contributed by atoms with Crippen LogP contribution in [0.1, 0.15) is 42.1 Å². The zero-order valence-electron chi connectivity index (χ0n) is 15.4. The van der Waals surface area contributed by atoms with Crippen LogP contribution in [-0.4, -0.2) is 38.6 Å². The van der Waals surface area contributed by atoms with Crippen molar-refractivity contribution in [1.29, 1.82) is 0 Å². The van der Waals surface area contributed by atoms with Gasteiger partial charge in [0.1, 0.15) is 11.3 Å². The molecule has 1 aliphatic rings. The SMILES string of the molecule is COc1cccc(C(=O)N[C@H]2CC[C@@H](n3cnc4c(N)nc(Cl)nc43)CC2)c1. The van der Waals surface area contributed by atoms with Crippen molar-refractivity contribution < 1.29 is 9.53 Å². The fraction of sp³-hybridized carbons (Fsp3) is 0.368. The summed E-state index contributed by atoms with van der Waals surface area (Å²) >= 11 is 5.95. The lowest BCUT2D eigenvalue weighted by Gasteiger charge is -2.30. The fourth-order valence-corrected chi connectivity index (χ4v) is 3.88. The van der Waals surface area contributed by atoms with Crippen molar-refractivity contribution >= 4 is 34.5 Å². The molecule has 8 nitrogen and oxygen atoms in total. The van der Waals surface area contributed by atoms with Gasteiger partial charge in [0.2, 0.25) is 5.28 Å². The Morgan fingerprint density at radius 3 is 2.82 bits per heavy atom. The zero-order valence-corrected chi connectivity index (χ0v) is 16.2. The first kappa shape index (κ1) is 18.5. The molecular formula is C19H21ClN6O2. The molecule has 0 radical (unpaired) electrons. The number of nitrogens with one attached hydrogen (secondary N) is 1. The van der Waals surface area contributed by atoms with Gasteiger partial charge >= 0.3 is 0 Å². The molecule has 4 rings (SSSR count). The lowest BCUT2D eigenvalue weighted by atomic mass is 9.91. The van der Waals surface area contributed by atoms with Crippen LogP contribution in [-0.2, 0) is 0 Å². The second-order valence-electron chi connectivity index (χ2n) is 6.91. The molecule has 2 heterocycles. The number of hydrogen-bond donors (Lipinski definition) is 2. The van der Waals surface area contributed by atoms with Crippen LogP contribution in [0.3, 0.4) is 0 Å². The molecule has 9 heteroatoms. The molecule has 1 saturated carbocycles. The Bertz CT molecular complexity index is 1010. The van der Waals surface area contributed by atoms with E-state index >= 15 is 0 Å². The van der Waals surface area contributed by atoms with Gasteiger partial charge in [0.15, 0.2) is 11.5 Å². The summed E-state index contributed by atoms with van der Waals surface area (Å²) in [5.41, 5.74) is 7.71. The van der Waals surface area contributed by atoms with Crippen molar-refractivity contribution in [2.24, 2.45) is 0 Å². The maximum absolute atomic E-state index is 12.5. The summed E-state index contributed by atoms with van der Waals surface area (Å²) in [5.74, 6) is 0.874. The Labute approximate surface area is 167 Å². The molecule has 0 unspecified atom stereocenters. The summed E-state index contributed by atoms with van der Waals surface area (Å²) in [6, 6.07) is 7.53. The lowest BCUT2D eigenvalue weighted by Crippen LogP contribution is -2.38. The number of benzene rings is 1. The van der Waals surface area contributed by atoms with E-state index in [0.717, 1.165) is 25.7 Å². The second kappa shape index (κ2) is 7.63. The molecule has 0 aliphatic heterocycles. The van der Waals surface area contributed by atoms with E-state index in [1.54, 1.807) is 25.6 Å². The Morgan fingerprint density at radius 1 is 1.29 bits per heavy atom. The third kappa shape index (κ3) is 3.60. The number of halogens is 1. The molecule has 2 aromatic heterocycles. The molecule has 0 spiro atoms. The number of ether oxygens (including phenoxy) is 1. The lowest BCUT2D eigenvalue weighted by molar-refractivity contribution is 0.0922. The first-order valence-corrected chi connectivity index (χ1v) is 9.53. The molecule has 1 aliphatic carbocycles. The van der Waals surface area contributed by atoms with Crippen LogP contribution in [0.25, 0.3) is 11.2 Å². The number of nitrogens with two attached hydrogens (primary N) is 1. The minimum atomic E-state index is -0.0808. The molecule has 0 atom stereocenters. The van der Waals surface area contributed by atoms with Crippen LogP contribution in [0.4, 0.5) is 5.82 Å². The van der Waals surface area contributed by atoms with Crippen molar-refractivity contribution in [3.63, 3.8) is 0 Å². The number of nitrogens with zero attached hydrogens (tertiary/aromatic N) is 4. The summed E-state index contributed by atoms with van der Waals surface area (Å²) in [5, 5.41) is 3.24. The molecule has 0 saturated heterocycles. The van der Waals surface area contributed by atoms with Crippen molar-refractivity contribution in [3.8, 4) is 5.75 Å². The molecule has 1 aromatic carbocycles. The number of imidazole rings is 1. The standard InChI is InChI=1S/C19H21ClN6O2/c1-28-14-4-2-3-11(9-14)18(27)23-12-5-7-13(8-6-12)26-10-22-15-16(21)24-19(20)25-17(15)26/h2-4,9-10,12-13H,5-8H2,1H3,(H,23,27)(H2,21,24,25)/t12-,13+. The van der Waals surface area contributed by atoms with Gasteiger partial charge in [-0.1, -0.05) is 6.07 Å². The highest BCUT2D eigenvalue weighted by Gasteiger charge is 2.26. The van der Waals surface area contributed by atoms with Gasteiger partial charge < -0.3 is 20.4 Å². The fourth-order valence-electron chi connectivity index (χ4n) is 3.71. The normalized spacial score (nSPS) is 19.5. The highest BCUT2D eigenvalue weighted by atomic mass is 35.5. The van der Waals surface area contributed by atoms with E-state index in [0.29, 0.717) is 22.5 Å². The van der Waals surface area contributed by atoms with E-state index < -0.39 is 0 Å². The van der Waals surface area contributed by atoms with E-state index in [2.05, 4.69) is 20.3 Å². The highest BCUT2D eigenvalue weighted by Crippen LogP contribution is 2.32. The number of carbonyl (C=O) groups excluding carboxylic acids is 1. The monoisotopic (exact) mass is 400 g/mol. The summed E-state index contributed by atoms with van der Waals surface area (Å²) < 4.78 is 7.20. The van der Waals surface area contributed by atoms with E-state index in [-0.39, 0.29) is 29.1 Å². The van der Waals surface area contributed by atoms with E-state index in [4.69, 9.17) is 22.1 Å². The number of rotatable bonds is 4. The number of anilines is 1. The maximum Gasteiger partial charge on any atom is 0.251 e. The molecule has 28 heavy (non-hydrogen) atoms. The van der Waals surface area contributed by atoms with Crippen molar-refractivity contribution in [1.82, 2.24) is 24.8 Å². The van der Waals surface area contributed by atoms with Gasteiger partial charge in [0, 0.05) is 17.6 Å². The van der Waals surface area contributed by atoms with Gasteiger partial charge in [-0.15, -0.1) is 0 Å². The van der Waals surface area contributed by atoms with E-state index in [9.17, 15) is 4.79 Å². The van der Waals surface area contributed by atoms with Crippen LogP contribution in [0.5, 0.6) is 5.75 Å². The third-order valence-electron chi connectivity index (χ3n) is 5.18. The number of fused-ring (bicyclic) bond motifs is 1. The molecule has 3 aromatic rings. The quantitative estimate of drug-likeness (QED) is 0.652. The minimum absolute atomic E-state index is 0.0808. The van der Waals surface area contributed by atoms with Gasteiger partial charge in [-0.2, -0.15) is 9.97 Å². The summed E-state index contributed by atoms with van der Waals surface area (Å²) in [6.07, 6.45) is 5.28. The minimum Gasteiger partial charge on any atom is -0.497 e. The number of methoxy groups -OCH3 is 1. The first-order chi connectivity index (χ1) is 13.5. The second-order valence-corrected chi connectivity index (χ2v) is 7.25. The van der Waals surface area contributed by atoms with Crippen LogP contribution in [0.2, 0.25) is 5.28 Å². The van der Waals surface area contributed by atoms with Crippen LogP contribution >= 0.6 is 11.6 Å². The molecule has 1 fully saturated rings. The zero-order chi connectivity index (χ0) is 19.7. The van der Waals surface area contributed by atoms with Gasteiger partial charge in [-0.25, -0.2) is 4.98 Å². The van der Waals surface area contributed by atoms with Crippen LogP contribution < -0.4 is 15.8 Å². The van der Waals surface area contributed by atoms with E-state index in [1.807, 2.05) is 16.7 Å². The predicted molar refractivity (Wildman–Crippen MR) is 106 cm³/mol. The van der Waals surface area contributed by atoms with Crippen LogP contribution in [0, 0.1) is 0 Å². The Morgan fingerprint density at radius 2 is 2.07 bits per heavy atom. The first-order valence-electron chi connectivity index (χ1n) is 9.15. The average Bonchev–Trinajstić information content (AvgIpc) is 3.12. The number of carbonyl (C=O) groups is 1. The largest absolute Gasteiger partial charge is 0.497 e. The maximum atomic E-state index is 12.5. The molecule has 146 valence electrons. The van der Waals surface area contributed by atoms with Crippen molar-refractivity contribution in [2.45, 2.75) is 37.8 Å². The number of nitrogen functional groups attached to an aromatic ring is 1. The molecule has 0 bridgehead atoms. The molecule has 1 amide bonds. The number of amides is 1. The Kier molecular flexibility index (Phi) is 5.04. The Hall–Kier alpha value is -2.87. The average molecular weight is 401 g/mol. The number of hydrogen-bond acceptors (Lipinski definition) is 6. The number of aromatic nitrogens is 4. The van der Waals surface area contributed by atoms with Crippen molar-refractivity contribution in [2.75, 3.05) is 12.8 Å². The summed E-state index contributed by atoms with van der Waals surface area (Å²) in [4.78, 5) is 25.1. The van der Waals surface area contributed by atoms with Gasteiger partial charge in [0.05, 0.1) is 13.4 Å². The van der Waals surface area contributed by atoms with Gasteiger partial charge in [-0.05, 0) is 55.5 Å². The summed E-state index contributed by atoms with van der Waals surface area (Å²) in [6.45, 7) is 0. The molecule has 3 N–H and O–H groups in total. The topological polar surface area (TPSA) is 108 Å². The van der Waals surface area contributed by atoms with Crippen molar-refractivity contribution in [3.05, 3.63) is 41.4 Å². The van der Waals surface area contributed by atoms with E-state index in [1.165, 1.54) is 0 Å². The Balaban J connectivity index is 1.42. The summed E-state index contributed by atoms with van der Waals surface area (Å²) in [7, 11) is 1.59. The van der Waals surface area contributed by atoms with Crippen LogP contribution in [0.15, 0.2) is 30.6 Å². The molecular weight excluding hydrogens is 380 g/mol. The highest BCUT2D eigenvalue weighted by molar-refractivity contribution is 6.28. The van der Waals surface area contributed by atoms with Gasteiger partial charge in [0.25, 0.3) is 5.91 Å². The smallest absolute Gasteiger partial charge is 0.251 e. The van der Waals surface area contributed by atoms with Gasteiger partial charge in [-0.3, -0.25) is 4.79 Å². The third-order valence-corrected chi connectivity index (χ3v) is 5.35. The predicted octanol–water partition coefficient (Wildman–Crippen LogP) is 2.98.